The molecular formula is C22H16IN3O3S2. The first-order valence-electron chi connectivity index (χ1n) is 9.09. The van der Waals surface area contributed by atoms with Gasteiger partial charge in [0.2, 0.25) is 0 Å². The van der Waals surface area contributed by atoms with Crippen LogP contribution in [0.3, 0.4) is 0 Å². The average molecular weight is 561 g/mol. The Labute approximate surface area is 197 Å². The van der Waals surface area contributed by atoms with Crippen molar-refractivity contribution >= 4 is 59.9 Å². The van der Waals surface area contributed by atoms with Crippen LogP contribution in [-0.2, 0) is 10.0 Å². The number of halogens is 1. The van der Waals surface area contributed by atoms with Crippen LogP contribution in [-0.4, -0.2) is 20.5 Å². The second kappa shape index (κ2) is 8.45. The molecule has 4 aromatic rings. The second-order valence-electron chi connectivity index (χ2n) is 6.70. The van der Waals surface area contributed by atoms with Crippen molar-refractivity contribution in [3.05, 3.63) is 68.7 Å². The first-order chi connectivity index (χ1) is 14.8. The van der Waals surface area contributed by atoms with Crippen molar-refractivity contribution in [2.24, 2.45) is 0 Å². The smallest absolute Gasteiger partial charge is 0.261 e. The molecule has 0 fully saturated rings. The first kappa shape index (κ1) is 21.5. The zero-order valence-corrected chi connectivity index (χ0v) is 20.3. The summed E-state index contributed by atoms with van der Waals surface area (Å²) >= 11 is 3.31. The minimum absolute atomic E-state index is 0.167. The van der Waals surface area contributed by atoms with E-state index in [1.165, 1.54) is 11.3 Å². The summed E-state index contributed by atoms with van der Waals surface area (Å²) in [6, 6.07) is 17.9. The molecule has 2 aromatic heterocycles. The Morgan fingerprint density at radius 2 is 1.94 bits per heavy atom. The molecule has 0 aliphatic heterocycles. The van der Waals surface area contributed by atoms with Gasteiger partial charge in [0.15, 0.2) is 0 Å². The van der Waals surface area contributed by atoms with Gasteiger partial charge in [-0.1, -0.05) is 18.2 Å². The highest BCUT2D eigenvalue weighted by atomic mass is 127. The van der Waals surface area contributed by atoms with Gasteiger partial charge in [-0.3, -0.25) is 4.72 Å². The third-order valence-electron chi connectivity index (χ3n) is 4.60. The topological polar surface area (TPSA) is 92.1 Å². The van der Waals surface area contributed by atoms with Crippen molar-refractivity contribution in [3.8, 4) is 22.9 Å². The standard InChI is InChI=1S/C22H16IN3O3S2/c1-13-9-18(26-31(27,28)17-8-4-6-15(23)11-17)21-20(19(12-24)30-22(21)25-13)14-5-3-7-16(10-14)29-2/h3-11H,1-2H3,(H,25,26). The molecule has 0 aliphatic carbocycles. The van der Waals surface area contributed by atoms with Crippen molar-refractivity contribution in [1.29, 1.82) is 5.26 Å². The molecule has 0 saturated heterocycles. The molecule has 0 aliphatic rings. The minimum atomic E-state index is -3.84. The van der Waals surface area contributed by atoms with E-state index in [2.05, 4.69) is 38.4 Å². The van der Waals surface area contributed by atoms with Gasteiger partial charge in [0.25, 0.3) is 10.0 Å². The molecule has 2 aromatic carbocycles. The number of rotatable bonds is 5. The number of nitrogens with one attached hydrogen (secondary N) is 1. The molecule has 31 heavy (non-hydrogen) atoms. The number of sulfonamides is 1. The van der Waals surface area contributed by atoms with Gasteiger partial charge in [-0.2, -0.15) is 5.26 Å². The van der Waals surface area contributed by atoms with Crippen molar-refractivity contribution in [2.45, 2.75) is 11.8 Å². The summed E-state index contributed by atoms with van der Waals surface area (Å²) in [6.45, 7) is 1.79. The number of pyridine rings is 1. The van der Waals surface area contributed by atoms with E-state index < -0.39 is 10.0 Å². The van der Waals surface area contributed by atoms with Crippen molar-refractivity contribution in [1.82, 2.24) is 4.98 Å². The van der Waals surface area contributed by atoms with E-state index in [1.807, 2.05) is 30.3 Å². The lowest BCUT2D eigenvalue weighted by molar-refractivity contribution is 0.415. The van der Waals surface area contributed by atoms with E-state index in [0.717, 1.165) is 9.13 Å². The van der Waals surface area contributed by atoms with E-state index in [9.17, 15) is 13.7 Å². The maximum atomic E-state index is 13.1. The molecule has 0 amide bonds. The summed E-state index contributed by atoms with van der Waals surface area (Å²) in [5, 5.41) is 10.4. The predicted octanol–water partition coefficient (Wildman–Crippen LogP) is 5.56. The number of fused-ring (bicyclic) bond motifs is 1. The van der Waals surface area contributed by atoms with E-state index in [-0.39, 0.29) is 4.90 Å². The van der Waals surface area contributed by atoms with Gasteiger partial charge in [-0.25, -0.2) is 13.4 Å². The molecule has 0 bridgehead atoms. The van der Waals surface area contributed by atoms with E-state index in [4.69, 9.17) is 4.74 Å². The Bertz CT molecular complexity index is 1460. The van der Waals surface area contributed by atoms with Crippen LogP contribution in [0.4, 0.5) is 5.69 Å². The van der Waals surface area contributed by atoms with Crippen molar-refractivity contribution < 1.29 is 13.2 Å². The van der Waals surface area contributed by atoms with Crippen LogP contribution in [0.2, 0.25) is 0 Å². The Balaban J connectivity index is 1.96. The van der Waals surface area contributed by atoms with E-state index >= 15 is 0 Å². The van der Waals surface area contributed by atoms with Crippen LogP contribution in [0.5, 0.6) is 5.75 Å². The summed E-state index contributed by atoms with van der Waals surface area (Å²) in [7, 11) is -2.27. The fraction of sp³-hybridized carbons (Fsp3) is 0.0909. The number of nitrogens with zero attached hydrogens (tertiary/aromatic N) is 2. The van der Waals surface area contributed by atoms with Gasteiger partial charge in [0.1, 0.15) is 21.5 Å². The fourth-order valence-corrected chi connectivity index (χ4v) is 6.20. The zero-order chi connectivity index (χ0) is 22.2. The fourth-order valence-electron chi connectivity index (χ4n) is 3.27. The van der Waals surface area contributed by atoms with Gasteiger partial charge in [0, 0.05) is 20.2 Å². The van der Waals surface area contributed by atoms with Gasteiger partial charge in [-0.05, 0) is 71.5 Å². The Kier molecular flexibility index (Phi) is 5.88. The third-order valence-corrected chi connectivity index (χ3v) is 7.62. The Hall–Kier alpha value is -2.68. The molecule has 0 spiro atoms. The lowest BCUT2D eigenvalue weighted by Crippen LogP contribution is -2.13. The number of aryl methyl sites for hydroxylation is 1. The van der Waals surface area contributed by atoms with Crippen LogP contribution >= 0.6 is 33.9 Å². The molecule has 156 valence electrons. The van der Waals surface area contributed by atoms with Gasteiger partial charge in [0.05, 0.1) is 17.7 Å². The van der Waals surface area contributed by atoms with Crippen LogP contribution in [0, 0.1) is 21.8 Å². The number of methoxy groups -OCH3 is 1. The van der Waals surface area contributed by atoms with Gasteiger partial charge in [-0.15, -0.1) is 11.3 Å². The van der Waals surface area contributed by atoms with E-state index in [1.54, 1.807) is 38.3 Å². The first-order valence-corrected chi connectivity index (χ1v) is 12.5. The highest BCUT2D eigenvalue weighted by molar-refractivity contribution is 14.1. The van der Waals surface area contributed by atoms with Crippen molar-refractivity contribution in [2.75, 3.05) is 11.8 Å². The van der Waals surface area contributed by atoms with Crippen LogP contribution in [0.25, 0.3) is 21.3 Å². The summed E-state index contributed by atoms with van der Waals surface area (Å²) in [5.74, 6) is 0.641. The summed E-state index contributed by atoms with van der Waals surface area (Å²) in [6.07, 6.45) is 0. The highest BCUT2D eigenvalue weighted by Gasteiger charge is 2.23. The minimum Gasteiger partial charge on any atom is -0.497 e. The second-order valence-corrected chi connectivity index (χ2v) is 10.6. The lowest BCUT2D eigenvalue weighted by Gasteiger charge is -2.12. The quantitative estimate of drug-likeness (QED) is 0.323. The number of nitriles is 1. The number of anilines is 1. The number of benzene rings is 2. The Morgan fingerprint density at radius 1 is 1.16 bits per heavy atom. The monoisotopic (exact) mass is 561 g/mol. The maximum absolute atomic E-state index is 13.1. The molecule has 1 N–H and O–H groups in total. The number of thiophene rings is 1. The number of aromatic nitrogens is 1. The van der Waals surface area contributed by atoms with Crippen molar-refractivity contribution in [3.63, 3.8) is 0 Å². The van der Waals surface area contributed by atoms with Crippen LogP contribution in [0.15, 0.2) is 59.5 Å². The van der Waals surface area contributed by atoms with Gasteiger partial charge < -0.3 is 4.74 Å². The molecule has 0 saturated carbocycles. The molecule has 2 heterocycles. The zero-order valence-electron chi connectivity index (χ0n) is 16.5. The summed E-state index contributed by atoms with van der Waals surface area (Å²) in [5.41, 5.74) is 2.42. The summed E-state index contributed by atoms with van der Waals surface area (Å²) < 4.78 is 35.1. The molecule has 0 atom stereocenters. The van der Waals surface area contributed by atoms with Crippen LogP contribution < -0.4 is 9.46 Å². The lowest BCUT2D eigenvalue weighted by atomic mass is 10.0. The van der Waals surface area contributed by atoms with Gasteiger partial charge >= 0.3 is 0 Å². The molecule has 6 nitrogen and oxygen atoms in total. The normalized spacial score (nSPS) is 11.3. The Morgan fingerprint density at radius 3 is 2.65 bits per heavy atom. The molecular weight excluding hydrogens is 545 g/mol. The number of hydrogen-bond donors (Lipinski definition) is 1. The maximum Gasteiger partial charge on any atom is 0.261 e. The van der Waals surface area contributed by atoms with Crippen LogP contribution in [0.1, 0.15) is 10.6 Å². The molecule has 0 unspecified atom stereocenters. The summed E-state index contributed by atoms with van der Waals surface area (Å²) in [4.78, 5) is 5.76. The molecule has 9 heteroatoms. The van der Waals surface area contributed by atoms with E-state index in [0.29, 0.717) is 37.8 Å². The number of hydrogen-bond acceptors (Lipinski definition) is 6. The SMILES string of the molecule is COc1cccc(-c2c(C#N)sc3nc(C)cc(NS(=O)(=O)c4cccc(I)c4)c23)c1. The largest absolute Gasteiger partial charge is 0.497 e. The molecule has 4 rings (SSSR count). The average Bonchev–Trinajstić information content (AvgIpc) is 3.12. The molecule has 0 radical (unpaired) electrons. The highest BCUT2D eigenvalue weighted by Crippen LogP contribution is 2.43. The predicted molar refractivity (Wildman–Crippen MR) is 131 cm³/mol. The number of ether oxygens (including phenoxy) is 1. The third kappa shape index (κ3) is 4.23.